The van der Waals surface area contributed by atoms with Crippen molar-refractivity contribution in [2.45, 2.75) is 25.4 Å². The van der Waals surface area contributed by atoms with Crippen molar-refractivity contribution >= 4 is 35.2 Å². The van der Waals surface area contributed by atoms with E-state index in [4.69, 9.17) is 9.47 Å². The number of carbonyl (C=O) groups excluding carboxylic acids is 2. The van der Waals surface area contributed by atoms with E-state index in [0.29, 0.717) is 36.2 Å². The molecule has 1 amide bonds. The molecule has 0 saturated heterocycles. The van der Waals surface area contributed by atoms with Gasteiger partial charge in [0.2, 0.25) is 0 Å². The van der Waals surface area contributed by atoms with E-state index in [2.05, 4.69) is 21.0 Å². The number of carbonyl (C=O) groups is 2. The van der Waals surface area contributed by atoms with Crippen molar-refractivity contribution < 1.29 is 19.1 Å². The van der Waals surface area contributed by atoms with Crippen molar-refractivity contribution in [2.24, 2.45) is 9.98 Å². The number of aliphatic imine (C=N–C) groups is 2. The van der Waals surface area contributed by atoms with Crippen LogP contribution in [-0.2, 0) is 14.3 Å². The predicted octanol–water partition coefficient (Wildman–Crippen LogP) is 6.31. The van der Waals surface area contributed by atoms with E-state index in [-0.39, 0.29) is 11.9 Å². The average Bonchev–Trinajstić information content (AvgIpc) is 2.99. The summed E-state index contributed by atoms with van der Waals surface area (Å²) in [5, 5.41) is 0. The summed E-state index contributed by atoms with van der Waals surface area (Å²) < 4.78 is 10.6. The molecule has 0 fully saturated rings. The van der Waals surface area contributed by atoms with Gasteiger partial charge in [-0.3, -0.25) is 14.6 Å². The summed E-state index contributed by atoms with van der Waals surface area (Å²) in [6.45, 7) is 0. The Hall–Kier alpha value is -4.91. The van der Waals surface area contributed by atoms with E-state index in [1.165, 1.54) is 13.5 Å². The number of allylic oxidation sites excluding steroid dienone is 3. The Morgan fingerprint density at radius 1 is 0.974 bits per heavy atom. The number of esters is 1. The van der Waals surface area contributed by atoms with Gasteiger partial charge >= 0.3 is 5.97 Å². The van der Waals surface area contributed by atoms with Crippen LogP contribution in [0.2, 0.25) is 0 Å². The standard InChI is InChI=1S/C32H29N3O4/c1-38-31(36)19-8-5-16-28(26-14-10-20-33-22-26)25-13-9-15-27(21-25)34-23-39-30-18-7-6-17-29(30)35-32(37)24-11-3-2-4-12-24/h2-4,6-7,9-18,20-23,30H,5,8,19H2,1H3. The van der Waals surface area contributed by atoms with E-state index in [0.717, 1.165) is 16.7 Å². The van der Waals surface area contributed by atoms with Crippen LogP contribution in [0.1, 0.15) is 40.7 Å². The summed E-state index contributed by atoms with van der Waals surface area (Å²) in [5.74, 6) is -0.548. The van der Waals surface area contributed by atoms with Crippen molar-refractivity contribution in [3.8, 4) is 0 Å². The van der Waals surface area contributed by atoms with Gasteiger partial charge in [-0.15, -0.1) is 0 Å². The summed E-state index contributed by atoms with van der Waals surface area (Å²) >= 11 is 0. The second-order valence-corrected chi connectivity index (χ2v) is 8.62. The number of methoxy groups -OCH3 is 1. The van der Waals surface area contributed by atoms with Crippen LogP contribution in [0.15, 0.2) is 119 Å². The number of benzene rings is 2. The predicted molar refractivity (Wildman–Crippen MR) is 153 cm³/mol. The topological polar surface area (TPSA) is 90.2 Å². The third-order valence-corrected chi connectivity index (χ3v) is 5.91. The smallest absolute Gasteiger partial charge is 0.305 e. The number of hydrogen-bond acceptors (Lipinski definition) is 6. The van der Waals surface area contributed by atoms with Gasteiger partial charge in [-0.25, -0.2) is 9.98 Å². The van der Waals surface area contributed by atoms with E-state index in [1.807, 2.05) is 66.9 Å². The molecular formula is C32H29N3O4. The average molecular weight is 520 g/mol. The first-order valence-electron chi connectivity index (χ1n) is 12.6. The lowest BCUT2D eigenvalue weighted by Gasteiger charge is -2.14. The molecule has 0 spiro atoms. The number of aromatic nitrogens is 1. The number of ether oxygens (including phenoxy) is 2. The zero-order valence-corrected chi connectivity index (χ0v) is 21.6. The monoisotopic (exact) mass is 519 g/mol. The van der Waals surface area contributed by atoms with Gasteiger partial charge in [0.1, 0.15) is 0 Å². The molecule has 3 aromatic rings. The highest BCUT2D eigenvalue weighted by Crippen LogP contribution is 2.27. The summed E-state index contributed by atoms with van der Waals surface area (Å²) in [4.78, 5) is 37.0. The first-order chi connectivity index (χ1) is 19.1. The third-order valence-electron chi connectivity index (χ3n) is 5.91. The lowest BCUT2D eigenvalue weighted by Crippen LogP contribution is -2.22. The Kier molecular flexibility index (Phi) is 9.84. The minimum Gasteiger partial charge on any atom is -0.469 e. The molecule has 1 heterocycles. The molecular weight excluding hydrogens is 490 g/mol. The second kappa shape index (κ2) is 14.1. The molecule has 0 saturated carbocycles. The van der Waals surface area contributed by atoms with Crippen molar-refractivity contribution in [3.05, 3.63) is 126 Å². The molecule has 1 aliphatic carbocycles. The largest absolute Gasteiger partial charge is 0.469 e. The first-order valence-corrected chi connectivity index (χ1v) is 12.6. The normalized spacial score (nSPS) is 16.0. The Bertz CT molecular complexity index is 1420. The maximum absolute atomic E-state index is 12.5. The number of rotatable bonds is 10. The van der Waals surface area contributed by atoms with Gasteiger partial charge in [0.15, 0.2) is 12.5 Å². The quantitative estimate of drug-likeness (QED) is 0.136. The number of nitrogens with zero attached hydrogens (tertiary/aromatic N) is 3. The van der Waals surface area contributed by atoms with Crippen LogP contribution in [0.5, 0.6) is 0 Å². The molecule has 1 aliphatic rings. The first kappa shape index (κ1) is 27.1. The molecule has 0 N–H and O–H groups in total. The number of pyridine rings is 1. The molecule has 2 aromatic carbocycles. The van der Waals surface area contributed by atoms with Crippen LogP contribution in [0.3, 0.4) is 0 Å². The maximum Gasteiger partial charge on any atom is 0.305 e. The summed E-state index contributed by atoms with van der Waals surface area (Å²) in [6, 6.07) is 20.6. The second-order valence-electron chi connectivity index (χ2n) is 8.62. The number of amides is 1. The van der Waals surface area contributed by atoms with Crippen molar-refractivity contribution in [2.75, 3.05) is 7.11 Å². The Morgan fingerprint density at radius 3 is 2.59 bits per heavy atom. The SMILES string of the molecule is COC(=O)CCCC=C(c1cccnc1)c1cccc(N=COC2C=CC=CC2=NC(=O)c2ccccc2)c1. The fraction of sp³-hybridized carbons (Fsp3) is 0.156. The molecule has 0 aliphatic heterocycles. The van der Waals surface area contributed by atoms with E-state index >= 15 is 0 Å². The summed E-state index contributed by atoms with van der Waals surface area (Å²) in [7, 11) is 1.40. The maximum atomic E-state index is 12.5. The van der Waals surface area contributed by atoms with Gasteiger partial charge in [-0.05, 0) is 66.5 Å². The van der Waals surface area contributed by atoms with Crippen molar-refractivity contribution in [1.29, 1.82) is 0 Å². The highest BCUT2D eigenvalue weighted by atomic mass is 16.5. The summed E-state index contributed by atoms with van der Waals surface area (Å²) in [6.07, 6.45) is 15.5. The van der Waals surface area contributed by atoms with Crippen molar-refractivity contribution in [1.82, 2.24) is 4.98 Å². The highest BCUT2D eigenvalue weighted by molar-refractivity contribution is 6.11. The van der Waals surface area contributed by atoms with Crippen LogP contribution < -0.4 is 0 Å². The summed E-state index contributed by atoms with van der Waals surface area (Å²) in [5.41, 5.74) is 4.65. The van der Waals surface area contributed by atoms with Gasteiger partial charge in [0.25, 0.3) is 5.91 Å². The van der Waals surface area contributed by atoms with Crippen LogP contribution >= 0.6 is 0 Å². The van der Waals surface area contributed by atoms with Gasteiger partial charge in [0.05, 0.1) is 18.5 Å². The van der Waals surface area contributed by atoms with Gasteiger partial charge in [-0.1, -0.05) is 54.6 Å². The molecule has 7 nitrogen and oxygen atoms in total. The fourth-order valence-corrected chi connectivity index (χ4v) is 3.92. The van der Waals surface area contributed by atoms with Crippen LogP contribution in [0.4, 0.5) is 5.69 Å². The number of unbranched alkanes of at least 4 members (excludes halogenated alkanes) is 1. The third kappa shape index (κ3) is 8.04. The lowest BCUT2D eigenvalue weighted by atomic mass is 9.97. The van der Waals surface area contributed by atoms with E-state index in [1.54, 1.807) is 36.5 Å². The molecule has 0 radical (unpaired) electrons. The molecule has 7 heteroatoms. The van der Waals surface area contributed by atoms with Gasteiger partial charge in [0, 0.05) is 29.9 Å². The Labute approximate surface area is 228 Å². The van der Waals surface area contributed by atoms with Crippen LogP contribution in [0.25, 0.3) is 5.57 Å². The molecule has 196 valence electrons. The molecule has 1 atom stereocenters. The molecule has 39 heavy (non-hydrogen) atoms. The molecule has 1 unspecified atom stereocenters. The lowest BCUT2D eigenvalue weighted by molar-refractivity contribution is -0.140. The highest BCUT2D eigenvalue weighted by Gasteiger charge is 2.16. The minimum atomic E-state index is -0.532. The molecule has 1 aromatic heterocycles. The van der Waals surface area contributed by atoms with Crippen LogP contribution in [-0.4, -0.2) is 42.2 Å². The minimum absolute atomic E-state index is 0.219. The molecule has 4 rings (SSSR count). The Balaban J connectivity index is 1.48. The van der Waals surface area contributed by atoms with Crippen LogP contribution in [0, 0.1) is 0 Å². The van der Waals surface area contributed by atoms with Gasteiger partial charge < -0.3 is 9.47 Å². The van der Waals surface area contributed by atoms with Crippen molar-refractivity contribution in [3.63, 3.8) is 0 Å². The zero-order chi connectivity index (χ0) is 27.3. The van der Waals surface area contributed by atoms with Gasteiger partial charge in [-0.2, -0.15) is 0 Å². The van der Waals surface area contributed by atoms with E-state index in [9.17, 15) is 9.59 Å². The van der Waals surface area contributed by atoms with E-state index < -0.39 is 6.10 Å². The number of hydrogen-bond donors (Lipinski definition) is 0. The molecule has 0 bridgehead atoms. The Morgan fingerprint density at radius 2 is 1.79 bits per heavy atom. The zero-order valence-electron chi connectivity index (χ0n) is 21.6. The fourth-order valence-electron chi connectivity index (χ4n) is 3.92.